The third-order valence-electron chi connectivity index (χ3n) is 4.50. The lowest BCUT2D eigenvalue weighted by molar-refractivity contribution is 0.374. The van der Waals surface area contributed by atoms with Gasteiger partial charge in [0.05, 0.1) is 47.2 Å². The fourth-order valence-electron chi connectivity index (χ4n) is 3.12. The maximum absolute atomic E-state index is 6.61. The zero-order valence-corrected chi connectivity index (χ0v) is 19.7. The minimum Gasteiger partial charge on any atom is -0.495 e. The van der Waals surface area contributed by atoms with Gasteiger partial charge in [-0.2, -0.15) is 0 Å². The van der Waals surface area contributed by atoms with Crippen LogP contribution in [0.25, 0.3) is 22.2 Å². The molecule has 3 aromatic rings. The summed E-state index contributed by atoms with van der Waals surface area (Å²) in [7, 11) is 6.97. The van der Waals surface area contributed by atoms with Crippen molar-refractivity contribution in [3.8, 4) is 22.8 Å². The average Bonchev–Trinajstić information content (AvgIpc) is 2.72. The van der Waals surface area contributed by atoms with Crippen LogP contribution in [-0.2, 0) is 0 Å². The van der Waals surface area contributed by atoms with Crippen LogP contribution in [0, 0.1) is 0 Å². The van der Waals surface area contributed by atoms with E-state index in [1.54, 1.807) is 12.3 Å². The number of aromatic nitrogens is 3. The first kappa shape index (κ1) is 22.8. The Morgan fingerprint density at radius 3 is 2.27 bits per heavy atom. The Morgan fingerprint density at radius 2 is 1.73 bits per heavy atom. The molecule has 10 heteroatoms. The molecule has 1 atom stereocenters. The van der Waals surface area contributed by atoms with Crippen molar-refractivity contribution in [2.75, 3.05) is 41.1 Å². The van der Waals surface area contributed by atoms with Crippen LogP contribution in [0.3, 0.4) is 0 Å². The molecule has 1 aromatic carbocycles. The molecule has 30 heavy (non-hydrogen) atoms. The summed E-state index contributed by atoms with van der Waals surface area (Å²) in [6.07, 6.45) is 3.68. The lowest BCUT2D eigenvalue weighted by atomic mass is 10.0. The van der Waals surface area contributed by atoms with Gasteiger partial charge in [-0.25, -0.2) is 15.0 Å². The molecule has 0 radical (unpaired) electrons. The van der Waals surface area contributed by atoms with Gasteiger partial charge >= 0.3 is 0 Å². The molecule has 0 amide bonds. The van der Waals surface area contributed by atoms with Crippen LogP contribution in [0.2, 0.25) is 10.0 Å². The van der Waals surface area contributed by atoms with Crippen molar-refractivity contribution in [3.05, 3.63) is 34.1 Å². The molecular weight excluding hydrogens is 445 g/mol. The van der Waals surface area contributed by atoms with E-state index in [4.69, 9.17) is 43.4 Å². The van der Waals surface area contributed by atoms with Gasteiger partial charge in [0.1, 0.15) is 11.5 Å². The van der Waals surface area contributed by atoms with E-state index in [2.05, 4.69) is 9.97 Å². The summed E-state index contributed by atoms with van der Waals surface area (Å²) in [5.41, 5.74) is 8.89. The second-order valence-electron chi connectivity index (χ2n) is 6.84. The first-order valence-corrected chi connectivity index (χ1v) is 11.0. The first-order valence-electron chi connectivity index (χ1n) is 9.03. The molecule has 2 heterocycles. The van der Waals surface area contributed by atoms with Crippen molar-refractivity contribution in [1.29, 1.82) is 0 Å². The van der Waals surface area contributed by atoms with Gasteiger partial charge in [-0.15, -0.1) is 0 Å². The number of methoxy groups -OCH3 is 2. The number of nitrogens with two attached hydrogens (primary N) is 1. The molecule has 0 aliphatic rings. The molecule has 0 bridgehead atoms. The fourth-order valence-corrected chi connectivity index (χ4v) is 4.16. The number of fused-ring (bicyclic) bond motifs is 1. The van der Waals surface area contributed by atoms with Crippen molar-refractivity contribution in [2.24, 2.45) is 5.73 Å². The zero-order valence-electron chi connectivity index (χ0n) is 17.4. The van der Waals surface area contributed by atoms with Gasteiger partial charge in [0.25, 0.3) is 0 Å². The molecule has 3 rings (SSSR count). The highest BCUT2D eigenvalue weighted by Crippen LogP contribution is 2.46. The number of hydrogen-bond acceptors (Lipinski definition) is 8. The number of ether oxygens (including phenoxy) is 2. The number of benzene rings is 1. The van der Waals surface area contributed by atoms with E-state index in [1.165, 1.54) is 26.0 Å². The van der Waals surface area contributed by atoms with Gasteiger partial charge in [0.15, 0.2) is 5.16 Å². The van der Waals surface area contributed by atoms with E-state index < -0.39 is 0 Å². The Bertz CT molecular complexity index is 1050. The predicted molar refractivity (Wildman–Crippen MR) is 123 cm³/mol. The minimum absolute atomic E-state index is 0.337. The van der Waals surface area contributed by atoms with Gasteiger partial charge in [-0.3, -0.25) is 0 Å². The maximum Gasteiger partial charge on any atom is 0.187 e. The predicted octanol–water partition coefficient (Wildman–Crippen LogP) is 4.30. The van der Waals surface area contributed by atoms with E-state index in [0.29, 0.717) is 55.7 Å². The monoisotopic (exact) mass is 467 g/mol. The van der Waals surface area contributed by atoms with Gasteiger partial charge < -0.3 is 20.1 Å². The van der Waals surface area contributed by atoms with Crippen LogP contribution in [-0.4, -0.2) is 61.0 Å². The maximum atomic E-state index is 6.61. The van der Waals surface area contributed by atoms with Crippen LogP contribution in [0.4, 0.5) is 0 Å². The summed E-state index contributed by atoms with van der Waals surface area (Å²) in [4.78, 5) is 15.9. The minimum atomic E-state index is -0.378. The van der Waals surface area contributed by atoms with E-state index in [1.807, 2.05) is 31.3 Å². The van der Waals surface area contributed by atoms with Crippen molar-refractivity contribution < 1.29 is 9.47 Å². The Labute approximate surface area is 189 Å². The normalized spacial score (nSPS) is 12.4. The molecule has 0 saturated carbocycles. The van der Waals surface area contributed by atoms with E-state index in [9.17, 15) is 0 Å². The summed E-state index contributed by atoms with van der Waals surface area (Å²) >= 11 is 14.7. The third-order valence-corrected chi connectivity index (χ3v) is 5.81. The zero-order chi connectivity index (χ0) is 22.0. The first-order chi connectivity index (χ1) is 14.3. The van der Waals surface area contributed by atoms with Crippen molar-refractivity contribution in [3.63, 3.8) is 0 Å². The van der Waals surface area contributed by atoms with Crippen LogP contribution in [0.1, 0.15) is 11.7 Å². The van der Waals surface area contributed by atoms with Crippen LogP contribution in [0.5, 0.6) is 11.5 Å². The lowest BCUT2D eigenvalue weighted by Gasteiger charge is -2.20. The summed E-state index contributed by atoms with van der Waals surface area (Å²) in [5.74, 6) is 0.867. The molecule has 0 saturated heterocycles. The van der Waals surface area contributed by atoms with Crippen LogP contribution in [0.15, 0.2) is 23.5 Å². The largest absolute Gasteiger partial charge is 0.495 e. The van der Waals surface area contributed by atoms with Crippen molar-refractivity contribution >= 4 is 45.9 Å². The molecule has 0 fully saturated rings. The standard InChI is InChI=1S/C20H23Cl2N5O2S/c1-27(2)9-11(23)19-18-10(8-24-20(26-18)30-5)6-12(25-19)15-16(21)13(28-3)7-14(29-4)17(15)22/h6-8,11H,9,23H2,1-5H3. The number of pyridine rings is 1. The number of halogens is 2. The second kappa shape index (κ2) is 9.53. The lowest BCUT2D eigenvalue weighted by Crippen LogP contribution is -2.27. The highest BCUT2D eigenvalue weighted by molar-refractivity contribution is 7.98. The molecule has 0 aliphatic carbocycles. The highest BCUT2D eigenvalue weighted by atomic mass is 35.5. The van der Waals surface area contributed by atoms with Gasteiger partial charge in [0.2, 0.25) is 0 Å². The third kappa shape index (κ3) is 4.43. The van der Waals surface area contributed by atoms with Gasteiger partial charge in [-0.05, 0) is 26.4 Å². The second-order valence-corrected chi connectivity index (χ2v) is 8.37. The highest BCUT2D eigenvalue weighted by Gasteiger charge is 2.23. The van der Waals surface area contributed by atoms with E-state index in [0.717, 1.165) is 5.39 Å². The Hall–Kier alpha value is -1.84. The number of likely N-dealkylation sites (N-methyl/N-ethyl adjacent to an activating group) is 1. The number of hydrogen-bond donors (Lipinski definition) is 1. The summed E-state index contributed by atoms with van der Waals surface area (Å²) in [6.45, 7) is 0.590. The number of thioether (sulfide) groups is 1. The summed E-state index contributed by atoms with van der Waals surface area (Å²) < 4.78 is 10.8. The molecule has 0 spiro atoms. The topological polar surface area (TPSA) is 86.4 Å². The number of nitrogens with zero attached hydrogens (tertiary/aromatic N) is 4. The Kier molecular flexibility index (Phi) is 7.26. The van der Waals surface area contributed by atoms with E-state index >= 15 is 0 Å². The summed E-state index contributed by atoms with van der Waals surface area (Å²) in [5, 5.41) is 2.11. The molecule has 0 aliphatic heterocycles. The molecular formula is C20H23Cl2N5O2S. The molecule has 160 valence electrons. The van der Waals surface area contributed by atoms with Crippen LogP contribution >= 0.6 is 35.0 Å². The molecule has 2 N–H and O–H groups in total. The van der Waals surface area contributed by atoms with Crippen LogP contribution < -0.4 is 15.2 Å². The molecule has 7 nitrogen and oxygen atoms in total. The Balaban J connectivity index is 2.33. The Morgan fingerprint density at radius 1 is 1.10 bits per heavy atom. The fraction of sp³-hybridized carbons (Fsp3) is 0.350. The SMILES string of the molecule is COc1cc(OC)c(Cl)c(-c2cc3cnc(SC)nc3c(C(N)CN(C)C)n2)c1Cl. The quantitative estimate of drug-likeness (QED) is 0.406. The van der Waals surface area contributed by atoms with Crippen molar-refractivity contribution in [2.45, 2.75) is 11.2 Å². The van der Waals surface area contributed by atoms with Gasteiger partial charge in [-0.1, -0.05) is 35.0 Å². The van der Waals surface area contributed by atoms with E-state index in [-0.39, 0.29) is 6.04 Å². The van der Waals surface area contributed by atoms with Gasteiger partial charge in [0, 0.05) is 29.8 Å². The molecule has 2 aromatic heterocycles. The molecule has 1 unspecified atom stereocenters. The smallest absolute Gasteiger partial charge is 0.187 e. The van der Waals surface area contributed by atoms with Crippen molar-refractivity contribution in [1.82, 2.24) is 19.9 Å². The summed E-state index contributed by atoms with van der Waals surface area (Å²) in [6, 6.07) is 3.11. The average molecular weight is 468 g/mol. The number of rotatable bonds is 7.